The molecule has 1 aromatic heterocycles. The Bertz CT molecular complexity index is 518. The van der Waals surface area contributed by atoms with Crippen LogP contribution < -0.4 is 5.73 Å². The number of piperidine rings is 1. The zero-order valence-corrected chi connectivity index (χ0v) is 11.8. The third-order valence-electron chi connectivity index (χ3n) is 3.64. The standard InChI is InChI=1S/C11H20N4O2S/c1-7-4-5-15(6-10(7)12)18(16,17)11-8(2)13-14-9(11)3/h7,10H,4-6,12H2,1-3H3,(H,13,14). The third-order valence-corrected chi connectivity index (χ3v) is 5.77. The number of nitrogens with two attached hydrogens (primary N) is 1. The molecule has 0 bridgehead atoms. The molecule has 1 aromatic rings. The van der Waals surface area contributed by atoms with Gasteiger partial charge in [-0.05, 0) is 26.2 Å². The lowest BCUT2D eigenvalue weighted by atomic mass is 9.96. The van der Waals surface area contributed by atoms with E-state index in [1.807, 2.05) is 0 Å². The van der Waals surface area contributed by atoms with E-state index in [0.717, 1.165) is 6.42 Å². The number of nitrogens with one attached hydrogen (secondary N) is 1. The Morgan fingerprint density at radius 3 is 2.61 bits per heavy atom. The van der Waals surface area contributed by atoms with Gasteiger partial charge in [-0.3, -0.25) is 5.10 Å². The number of aromatic nitrogens is 2. The number of H-pyrrole nitrogens is 1. The molecular formula is C11H20N4O2S. The zero-order chi connectivity index (χ0) is 13.5. The van der Waals surface area contributed by atoms with Crippen LogP contribution in [0.1, 0.15) is 24.7 Å². The van der Waals surface area contributed by atoms with E-state index >= 15 is 0 Å². The third kappa shape index (κ3) is 2.17. The van der Waals surface area contributed by atoms with Crippen molar-refractivity contribution in [2.75, 3.05) is 13.1 Å². The first-order chi connectivity index (χ1) is 8.34. The minimum absolute atomic E-state index is 0.0963. The SMILES string of the molecule is Cc1n[nH]c(C)c1S(=O)(=O)N1CCC(C)C(N)C1. The fraction of sp³-hybridized carbons (Fsp3) is 0.727. The summed E-state index contributed by atoms with van der Waals surface area (Å²) in [5.74, 6) is 0.364. The van der Waals surface area contributed by atoms with Crippen molar-refractivity contribution >= 4 is 10.0 Å². The molecule has 2 unspecified atom stereocenters. The van der Waals surface area contributed by atoms with Crippen LogP contribution >= 0.6 is 0 Å². The first-order valence-corrected chi connectivity index (χ1v) is 7.55. The molecule has 0 amide bonds. The van der Waals surface area contributed by atoms with Crippen molar-refractivity contribution in [3.8, 4) is 0 Å². The molecule has 2 heterocycles. The van der Waals surface area contributed by atoms with E-state index in [1.54, 1.807) is 13.8 Å². The van der Waals surface area contributed by atoms with Gasteiger partial charge in [0.25, 0.3) is 0 Å². The number of aryl methyl sites for hydroxylation is 2. The molecule has 0 saturated carbocycles. The minimum Gasteiger partial charge on any atom is -0.326 e. The maximum absolute atomic E-state index is 12.6. The molecule has 0 radical (unpaired) electrons. The summed E-state index contributed by atoms with van der Waals surface area (Å²) in [5, 5.41) is 6.66. The van der Waals surface area contributed by atoms with Crippen LogP contribution in [0.15, 0.2) is 4.90 Å². The molecule has 3 N–H and O–H groups in total. The molecule has 7 heteroatoms. The molecule has 2 atom stereocenters. The van der Waals surface area contributed by atoms with E-state index in [4.69, 9.17) is 5.73 Å². The fourth-order valence-electron chi connectivity index (χ4n) is 2.34. The van der Waals surface area contributed by atoms with Gasteiger partial charge in [0.1, 0.15) is 4.90 Å². The summed E-state index contributed by atoms with van der Waals surface area (Å²) in [6.45, 7) is 6.39. The second-order valence-electron chi connectivity index (χ2n) is 5.06. The molecule has 0 spiro atoms. The molecule has 1 fully saturated rings. The smallest absolute Gasteiger partial charge is 0.246 e. The summed E-state index contributed by atoms with van der Waals surface area (Å²) in [7, 11) is -3.48. The second-order valence-corrected chi connectivity index (χ2v) is 6.93. The monoisotopic (exact) mass is 272 g/mol. The predicted molar refractivity (Wildman–Crippen MR) is 68.6 cm³/mol. The molecule has 0 aliphatic carbocycles. The van der Waals surface area contributed by atoms with Crippen molar-refractivity contribution in [1.29, 1.82) is 0 Å². The molecule has 102 valence electrons. The highest BCUT2D eigenvalue weighted by atomic mass is 32.2. The maximum atomic E-state index is 12.6. The summed E-state index contributed by atoms with van der Waals surface area (Å²) < 4.78 is 26.6. The van der Waals surface area contributed by atoms with Crippen LogP contribution in [0, 0.1) is 19.8 Å². The van der Waals surface area contributed by atoms with E-state index < -0.39 is 10.0 Å². The predicted octanol–water partition coefficient (Wildman–Crippen LogP) is 0.384. The molecule has 1 aliphatic rings. The molecule has 2 rings (SSSR count). The van der Waals surface area contributed by atoms with Crippen molar-refractivity contribution < 1.29 is 8.42 Å². The Kier molecular flexibility index (Phi) is 3.48. The van der Waals surface area contributed by atoms with Gasteiger partial charge in [-0.15, -0.1) is 0 Å². The summed E-state index contributed by atoms with van der Waals surface area (Å²) >= 11 is 0. The van der Waals surface area contributed by atoms with E-state index in [0.29, 0.717) is 35.3 Å². The molecule has 6 nitrogen and oxygen atoms in total. The Labute approximate surface area is 108 Å². The van der Waals surface area contributed by atoms with Gasteiger partial charge < -0.3 is 5.73 Å². The van der Waals surface area contributed by atoms with Crippen LogP contribution in [0.25, 0.3) is 0 Å². The van der Waals surface area contributed by atoms with Gasteiger partial charge in [0.05, 0.1) is 11.4 Å². The highest BCUT2D eigenvalue weighted by Crippen LogP contribution is 2.25. The Morgan fingerprint density at radius 2 is 2.11 bits per heavy atom. The zero-order valence-electron chi connectivity index (χ0n) is 11.0. The lowest BCUT2D eigenvalue weighted by Crippen LogP contribution is -2.49. The van der Waals surface area contributed by atoms with E-state index in [2.05, 4.69) is 17.1 Å². The van der Waals surface area contributed by atoms with E-state index in [-0.39, 0.29) is 6.04 Å². The normalized spacial score (nSPS) is 26.4. The Morgan fingerprint density at radius 1 is 1.44 bits per heavy atom. The molecule has 0 aromatic carbocycles. The number of hydrogen-bond acceptors (Lipinski definition) is 4. The average molecular weight is 272 g/mol. The van der Waals surface area contributed by atoms with Crippen LogP contribution in [-0.4, -0.2) is 42.1 Å². The van der Waals surface area contributed by atoms with Gasteiger partial charge in [-0.25, -0.2) is 8.42 Å². The van der Waals surface area contributed by atoms with Crippen LogP contribution in [0.3, 0.4) is 0 Å². The van der Waals surface area contributed by atoms with Gasteiger partial charge in [0, 0.05) is 19.1 Å². The van der Waals surface area contributed by atoms with Gasteiger partial charge >= 0.3 is 0 Å². The number of rotatable bonds is 2. The van der Waals surface area contributed by atoms with Gasteiger partial charge in [-0.2, -0.15) is 9.40 Å². The molecule has 18 heavy (non-hydrogen) atoms. The lowest BCUT2D eigenvalue weighted by Gasteiger charge is -2.34. The average Bonchev–Trinajstić information content (AvgIpc) is 2.62. The topological polar surface area (TPSA) is 92.1 Å². The second kappa shape index (κ2) is 4.64. The number of nitrogens with zero attached hydrogens (tertiary/aromatic N) is 2. The first-order valence-electron chi connectivity index (χ1n) is 6.11. The van der Waals surface area contributed by atoms with Crippen LogP contribution in [0.4, 0.5) is 0 Å². The maximum Gasteiger partial charge on any atom is 0.246 e. The van der Waals surface area contributed by atoms with Crippen molar-refractivity contribution in [2.24, 2.45) is 11.7 Å². The van der Waals surface area contributed by atoms with E-state index in [1.165, 1.54) is 4.31 Å². The highest BCUT2D eigenvalue weighted by Gasteiger charge is 2.34. The van der Waals surface area contributed by atoms with Gasteiger partial charge in [-0.1, -0.05) is 6.92 Å². The van der Waals surface area contributed by atoms with Crippen molar-refractivity contribution in [2.45, 2.75) is 38.1 Å². The summed E-state index contributed by atoms with van der Waals surface area (Å²) in [6, 6.07) is -0.0963. The minimum atomic E-state index is -3.48. The van der Waals surface area contributed by atoms with Crippen molar-refractivity contribution in [3.05, 3.63) is 11.4 Å². The summed E-state index contributed by atoms with van der Waals surface area (Å²) in [5.41, 5.74) is 7.06. The van der Waals surface area contributed by atoms with Crippen LogP contribution in [0.5, 0.6) is 0 Å². The Balaban J connectivity index is 2.33. The van der Waals surface area contributed by atoms with Gasteiger partial charge in [0.2, 0.25) is 10.0 Å². The Hall–Kier alpha value is -0.920. The van der Waals surface area contributed by atoms with Gasteiger partial charge in [0.15, 0.2) is 0 Å². The van der Waals surface area contributed by atoms with E-state index in [9.17, 15) is 8.42 Å². The quantitative estimate of drug-likeness (QED) is 0.814. The number of sulfonamides is 1. The number of hydrogen-bond donors (Lipinski definition) is 2. The highest BCUT2D eigenvalue weighted by molar-refractivity contribution is 7.89. The molecule has 1 aliphatic heterocycles. The fourth-order valence-corrected chi connectivity index (χ4v) is 4.16. The summed E-state index contributed by atoms with van der Waals surface area (Å²) in [6.07, 6.45) is 0.802. The largest absolute Gasteiger partial charge is 0.326 e. The molecule has 1 saturated heterocycles. The first kappa shape index (κ1) is 13.5. The summed E-state index contributed by atoms with van der Waals surface area (Å²) in [4.78, 5) is 0.296. The van der Waals surface area contributed by atoms with Crippen molar-refractivity contribution in [1.82, 2.24) is 14.5 Å². The van der Waals surface area contributed by atoms with Crippen LogP contribution in [0.2, 0.25) is 0 Å². The van der Waals surface area contributed by atoms with Crippen LogP contribution in [-0.2, 0) is 10.0 Å². The lowest BCUT2D eigenvalue weighted by molar-refractivity contribution is 0.253. The van der Waals surface area contributed by atoms with Crippen molar-refractivity contribution in [3.63, 3.8) is 0 Å². The number of aromatic amines is 1. The molecular weight excluding hydrogens is 252 g/mol.